The summed E-state index contributed by atoms with van der Waals surface area (Å²) in [6.45, 7) is 11.6. The molecule has 0 saturated heterocycles. The molecule has 0 fully saturated rings. The maximum absolute atomic E-state index is 5.51. The second-order valence-electron chi connectivity index (χ2n) is 5.79. The summed E-state index contributed by atoms with van der Waals surface area (Å²) in [7, 11) is 0. The maximum Gasteiger partial charge on any atom is 0.231 e. The second-order valence-corrected chi connectivity index (χ2v) is 5.79. The maximum atomic E-state index is 5.51. The standard InChI is InChI=1S/C16H24N4O/c1-6-17-12(5)14(10(2)3)16-19-15(20-21-16)13-9-11(4)7-8-18-13/h7-10,12,14,17H,6H2,1-5H3. The van der Waals surface area contributed by atoms with Gasteiger partial charge in [-0.1, -0.05) is 25.9 Å². The number of rotatable bonds is 6. The summed E-state index contributed by atoms with van der Waals surface area (Å²) < 4.78 is 5.51. The van der Waals surface area contributed by atoms with Crippen molar-refractivity contribution in [2.45, 2.75) is 46.6 Å². The molecule has 0 saturated carbocycles. The minimum Gasteiger partial charge on any atom is -0.339 e. The molecule has 0 bridgehead atoms. The molecule has 1 N–H and O–H groups in total. The molecule has 2 aromatic rings. The first-order valence-electron chi connectivity index (χ1n) is 7.53. The van der Waals surface area contributed by atoms with E-state index in [2.05, 4.69) is 48.1 Å². The highest BCUT2D eigenvalue weighted by atomic mass is 16.5. The average molecular weight is 288 g/mol. The van der Waals surface area contributed by atoms with Crippen LogP contribution in [0, 0.1) is 12.8 Å². The molecule has 0 aliphatic carbocycles. The van der Waals surface area contributed by atoms with Gasteiger partial charge in [0.1, 0.15) is 5.69 Å². The van der Waals surface area contributed by atoms with Crippen molar-refractivity contribution in [3.8, 4) is 11.5 Å². The molecular weight excluding hydrogens is 264 g/mol. The molecule has 114 valence electrons. The molecule has 2 rings (SSSR count). The molecule has 0 aromatic carbocycles. The van der Waals surface area contributed by atoms with Crippen molar-refractivity contribution in [3.05, 3.63) is 29.8 Å². The highest BCUT2D eigenvalue weighted by molar-refractivity contribution is 5.49. The van der Waals surface area contributed by atoms with Gasteiger partial charge < -0.3 is 9.84 Å². The predicted molar refractivity (Wildman–Crippen MR) is 83.0 cm³/mol. The Morgan fingerprint density at radius 3 is 2.67 bits per heavy atom. The van der Waals surface area contributed by atoms with E-state index in [1.54, 1.807) is 6.20 Å². The lowest BCUT2D eigenvalue weighted by Gasteiger charge is -2.24. The Hall–Kier alpha value is -1.75. The number of hydrogen-bond acceptors (Lipinski definition) is 5. The number of aromatic nitrogens is 3. The van der Waals surface area contributed by atoms with Crippen LogP contribution in [0.25, 0.3) is 11.5 Å². The van der Waals surface area contributed by atoms with Gasteiger partial charge in [0.05, 0.1) is 5.92 Å². The van der Waals surface area contributed by atoms with Crippen molar-refractivity contribution >= 4 is 0 Å². The van der Waals surface area contributed by atoms with Crippen LogP contribution in [-0.4, -0.2) is 27.7 Å². The van der Waals surface area contributed by atoms with Crippen LogP contribution in [0.1, 0.15) is 45.1 Å². The third-order valence-corrected chi connectivity index (χ3v) is 3.65. The Morgan fingerprint density at radius 2 is 2.05 bits per heavy atom. The zero-order valence-electron chi connectivity index (χ0n) is 13.4. The van der Waals surface area contributed by atoms with Crippen molar-refractivity contribution in [2.75, 3.05) is 6.54 Å². The summed E-state index contributed by atoms with van der Waals surface area (Å²) in [6, 6.07) is 4.20. The molecule has 0 radical (unpaired) electrons. The van der Waals surface area contributed by atoms with Crippen molar-refractivity contribution in [3.63, 3.8) is 0 Å². The fourth-order valence-corrected chi connectivity index (χ4v) is 2.66. The normalized spacial score (nSPS) is 14.4. The third kappa shape index (κ3) is 3.67. The lowest BCUT2D eigenvalue weighted by Crippen LogP contribution is -2.34. The average Bonchev–Trinajstić information content (AvgIpc) is 2.88. The van der Waals surface area contributed by atoms with Crippen molar-refractivity contribution in [1.29, 1.82) is 0 Å². The van der Waals surface area contributed by atoms with Crippen LogP contribution < -0.4 is 5.32 Å². The first-order chi connectivity index (χ1) is 10.0. The van der Waals surface area contributed by atoms with E-state index in [1.165, 1.54) is 0 Å². The second kappa shape index (κ2) is 6.80. The van der Waals surface area contributed by atoms with Gasteiger partial charge in [0.2, 0.25) is 11.7 Å². The topological polar surface area (TPSA) is 63.8 Å². The Labute approximate surface area is 126 Å². The molecule has 2 unspecified atom stereocenters. The quantitative estimate of drug-likeness (QED) is 0.884. The molecule has 2 atom stereocenters. The summed E-state index contributed by atoms with van der Waals surface area (Å²) in [4.78, 5) is 8.87. The zero-order valence-corrected chi connectivity index (χ0v) is 13.4. The summed E-state index contributed by atoms with van der Waals surface area (Å²) >= 11 is 0. The van der Waals surface area contributed by atoms with E-state index in [0.29, 0.717) is 17.6 Å². The van der Waals surface area contributed by atoms with Gasteiger partial charge in [-0.05, 0) is 44.0 Å². The van der Waals surface area contributed by atoms with E-state index >= 15 is 0 Å². The Morgan fingerprint density at radius 1 is 1.29 bits per heavy atom. The van der Waals surface area contributed by atoms with E-state index in [9.17, 15) is 0 Å². The summed E-state index contributed by atoms with van der Waals surface area (Å²) in [5.74, 6) is 1.84. The van der Waals surface area contributed by atoms with Crippen LogP contribution in [0.3, 0.4) is 0 Å². The highest BCUT2D eigenvalue weighted by Crippen LogP contribution is 2.28. The van der Waals surface area contributed by atoms with Crippen molar-refractivity contribution in [1.82, 2.24) is 20.4 Å². The molecule has 5 heteroatoms. The largest absolute Gasteiger partial charge is 0.339 e. The van der Waals surface area contributed by atoms with Crippen molar-refractivity contribution < 1.29 is 4.52 Å². The molecule has 2 aromatic heterocycles. The Bertz CT molecular complexity index is 579. The monoisotopic (exact) mass is 288 g/mol. The number of aryl methyl sites for hydroxylation is 1. The van der Waals surface area contributed by atoms with Gasteiger partial charge in [-0.3, -0.25) is 4.98 Å². The van der Waals surface area contributed by atoms with Gasteiger partial charge in [0, 0.05) is 12.2 Å². The molecule has 2 heterocycles. The Kier molecular flexibility index (Phi) is 5.07. The minimum absolute atomic E-state index is 0.191. The van der Waals surface area contributed by atoms with Gasteiger partial charge in [-0.15, -0.1) is 0 Å². The van der Waals surface area contributed by atoms with Gasteiger partial charge >= 0.3 is 0 Å². The minimum atomic E-state index is 0.191. The number of pyridine rings is 1. The smallest absolute Gasteiger partial charge is 0.231 e. The van der Waals surface area contributed by atoms with Crippen LogP contribution in [0.15, 0.2) is 22.9 Å². The Balaban J connectivity index is 2.28. The van der Waals surface area contributed by atoms with Crippen LogP contribution in [0.2, 0.25) is 0 Å². The molecule has 5 nitrogen and oxygen atoms in total. The first-order valence-corrected chi connectivity index (χ1v) is 7.53. The van der Waals surface area contributed by atoms with Crippen LogP contribution in [0.5, 0.6) is 0 Å². The molecule has 0 aliphatic rings. The number of hydrogen-bond donors (Lipinski definition) is 1. The lowest BCUT2D eigenvalue weighted by atomic mass is 9.89. The van der Waals surface area contributed by atoms with Gasteiger partial charge in [0.25, 0.3) is 0 Å². The first kappa shape index (κ1) is 15.6. The molecule has 0 amide bonds. The fourth-order valence-electron chi connectivity index (χ4n) is 2.66. The lowest BCUT2D eigenvalue weighted by molar-refractivity contribution is 0.281. The number of nitrogens with zero attached hydrogens (tertiary/aromatic N) is 3. The predicted octanol–water partition coefficient (Wildman–Crippen LogP) is 3.18. The van der Waals surface area contributed by atoms with Gasteiger partial charge in [-0.25, -0.2) is 0 Å². The molecular formula is C16H24N4O. The zero-order chi connectivity index (χ0) is 15.4. The van der Waals surface area contributed by atoms with E-state index in [4.69, 9.17) is 4.52 Å². The molecule has 21 heavy (non-hydrogen) atoms. The van der Waals surface area contributed by atoms with Gasteiger partial charge in [-0.2, -0.15) is 4.98 Å². The van der Waals surface area contributed by atoms with E-state index in [0.717, 1.165) is 17.8 Å². The molecule has 0 spiro atoms. The van der Waals surface area contributed by atoms with Crippen LogP contribution >= 0.6 is 0 Å². The van der Waals surface area contributed by atoms with Crippen molar-refractivity contribution in [2.24, 2.45) is 5.92 Å². The molecule has 0 aliphatic heterocycles. The van der Waals surface area contributed by atoms with E-state index < -0.39 is 0 Å². The van der Waals surface area contributed by atoms with Gasteiger partial charge in [0.15, 0.2) is 0 Å². The van der Waals surface area contributed by atoms with E-state index in [-0.39, 0.29) is 12.0 Å². The summed E-state index contributed by atoms with van der Waals surface area (Å²) in [6.07, 6.45) is 1.77. The fraction of sp³-hybridized carbons (Fsp3) is 0.562. The number of nitrogens with one attached hydrogen (secondary N) is 1. The van der Waals surface area contributed by atoms with Crippen LogP contribution in [0.4, 0.5) is 0 Å². The van der Waals surface area contributed by atoms with Crippen LogP contribution in [-0.2, 0) is 0 Å². The number of likely N-dealkylation sites (N-methyl/N-ethyl adjacent to an activating group) is 1. The highest BCUT2D eigenvalue weighted by Gasteiger charge is 2.28. The van der Waals surface area contributed by atoms with E-state index in [1.807, 2.05) is 19.1 Å². The third-order valence-electron chi connectivity index (χ3n) is 3.65. The summed E-state index contributed by atoms with van der Waals surface area (Å²) in [5.41, 5.74) is 1.89. The summed E-state index contributed by atoms with van der Waals surface area (Å²) in [5, 5.41) is 7.54. The SMILES string of the molecule is CCNC(C)C(c1nc(-c2cc(C)ccn2)no1)C(C)C.